The fourth-order valence-electron chi connectivity index (χ4n) is 4.39. The molecule has 1 aromatic carbocycles. The molecule has 5 rings (SSSR count). The molecule has 28 heavy (non-hydrogen) atoms. The van der Waals surface area contributed by atoms with Crippen molar-refractivity contribution in [3.8, 4) is 17.0 Å². The number of fused-ring (bicyclic) bond motifs is 2. The largest absolute Gasteiger partial charge is 0.508 e. The van der Waals surface area contributed by atoms with E-state index in [0.717, 1.165) is 32.2 Å². The number of carbonyl (C=O) groups is 1. The molecule has 3 N–H and O–H groups in total. The third kappa shape index (κ3) is 2.63. The first-order valence-electron chi connectivity index (χ1n) is 9.36. The minimum Gasteiger partial charge on any atom is -0.508 e. The van der Waals surface area contributed by atoms with Gasteiger partial charge in [-0.3, -0.25) is 9.89 Å². The monoisotopic (exact) mass is 381 g/mol. The number of hydrogen-bond acceptors (Lipinski definition) is 5. The standard InChI is InChI=1S/C20H20FN5O2/c1-10-18-15(20(28)26-8-11-6-22-7-12(11)9-26)5-17(23-19(18)25-24-10)14-3-2-13(27)4-16(14)21/h2-5,11-12,22,27H,6-9H2,1H3,(H,23,24,25)/t11-,12+. The van der Waals surface area contributed by atoms with E-state index in [4.69, 9.17) is 0 Å². The Labute approximate surface area is 160 Å². The summed E-state index contributed by atoms with van der Waals surface area (Å²) in [6, 6.07) is 5.53. The van der Waals surface area contributed by atoms with Crippen molar-refractivity contribution in [3.05, 3.63) is 41.3 Å². The molecule has 0 saturated carbocycles. The molecule has 0 radical (unpaired) electrons. The predicted octanol–water partition coefficient (Wildman–Crippen LogP) is 2.07. The van der Waals surface area contributed by atoms with Crippen molar-refractivity contribution in [1.29, 1.82) is 0 Å². The van der Waals surface area contributed by atoms with Gasteiger partial charge in [-0.15, -0.1) is 0 Å². The number of aromatic hydroxyl groups is 1. The normalized spacial score (nSPS) is 21.4. The number of aryl methyl sites for hydroxylation is 1. The number of nitrogens with zero attached hydrogens (tertiary/aromatic N) is 3. The second-order valence-corrected chi connectivity index (χ2v) is 7.64. The number of aromatic amines is 1. The summed E-state index contributed by atoms with van der Waals surface area (Å²) in [6.45, 7) is 5.14. The number of aromatic nitrogens is 3. The van der Waals surface area contributed by atoms with E-state index in [9.17, 15) is 14.3 Å². The van der Waals surface area contributed by atoms with Crippen molar-refractivity contribution in [2.45, 2.75) is 6.92 Å². The maximum absolute atomic E-state index is 14.4. The molecule has 0 unspecified atom stereocenters. The lowest BCUT2D eigenvalue weighted by atomic mass is 10.0. The van der Waals surface area contributed by atoms with Crippen LogP contribution in [0.1, 0.15) is 16.1 Å². The molecule has 1 amide bonds. The van der Waals surface area contributed by atoms with Crippen LogP contribution in [0.25, 0.3) is 22.3 Å². The van der Waals surface area contributed by atoms with Gasteiger partial charge in [0.25, 0.3) is 5.91 Å². The van der Waals surface area contributed by atoms with Crippen molar-refractivity contribution >= 4 is 16.9 Å². The third-order valence-electron chi connectivity index (χ3n) is 5.85. The molecule has 2 aliphatic heterocycles. The smallest absolute Gasteiger partial charge is 0.254 e. The minimum absolute atomic E-state index is 0.0771. The molecular weight excluding hydrogens is 361 g/mol. The average molecular weight is 381 g/mol. The fourth-order valence-corrected chi connectivity index (χ4v) is 4.39. The molecule has 2 fully saturated rings. The average Bonchev–Trinajstić information content (AvgIpc) is 3.35. The quantitative estimate of drug-likeness (QED) is 0.632. The summed E-state index contributed by atoms with van der Waals surface area (Å²) in [4.78, 5) is 19.7. The van der Waals surface area contributed by atoms with Crippen molar-refractivity contribution < 1.29 is 14.3 Å². The SMILES string of the molecule is Cc1n[nH]c2nc(-c3ccc(O)cc3F)cc(C(=O)N3C[C@H]4CNC[C@H]4C3)c12. The first kappa shape index (κ1) is 17.1. The highest BCUT2D eigenvalue weighted by atomic mass is 19.1. The molecule has 2 aliphatic rings. The lowest BCUT2D eigenvalue weighted by molar-refractivity contribution is 0.0783. The number of halogens is 1. The Morgan fingerprint density at radius 3 is 2.71 bits per heavy atom. The first-order chi connectivity index (χ1) is 13.5. The van der Waals surface area contributed by atoms with E-state index >= 15 is 0 Å². The molecule has 2 saturated heterocycles. The highest BCUT2D eigenvalue weighted by molar-refractivity contribution is 6.07. The van der Waals surface area contributed by atoms with Gasteiger partial charge in [0.15, 0.2) is 5.65 Å². The van der Waals surface area contributed by atoms with E-state index in [0.29, 0.717) is 39.8 Å². The van der Waals surface area contributed by atoms with Crippen molar-refractivity contribution in [2.24, 2.45) is 11.8 Å². The number of rotatable bonds is 2. The third-order valence-corrected chi connectivity index (χ3v) is 5.85. The summed E-state index contributed by atoms with van der Waals surface area (Å²) in [7, 11) is 0. The van der Waals surface area contributed by atoms with Crippen molar-refractivity contribution in [3.63, 3.8) is 0 Å². The molecular formula is C20H20FN5O2. The molecule has 0 spiro atoms. The number of phenolic OH excluding ortho intramolecular Hbond substituents is 1. The number of hydrogen-bond donors (Lipinski definition) is 3. The van der Waals surface area contributed by atoms with E-state index in [1.54, 1.807) is 6.07 Å². The van der Waals surface area contributed by atoms with Gasteiger partial charge in [-0.25, -0.2) is 9.37 Å². The van der Waals surface area contributed by atoms with Gasteiger partial charge >= 0.3 is 0 Å². The van der Waals surface area contributed by atoms with Gasteiger partial charge < -0.3 is 15.3 Å². The summed E-state index contributed by atoms with van der Waals surface area (Å²) < 4.78 is 14.4. The number of H-pyrrole nitrogens is 1. The van der Waals surface area contributed by atoms with E-state index in [1.165, 1.54) is 12.1 Å². The number of amides is 1. The number of nitrogens with one attached hydrogen (secondary N) is 2. The second kappa shape index (κ2) is 6.27. The topological polar surface area (TPSA) is 94.1 Å². The maximum Gasteiger partial charge on any atom is 0.254 e. The zero-order chi connectivity index (χ0) is 19.4. The van der Waals surface area contributed by atoms with Crippen molar-refractivity contribution in [2.75, 3.05) is 26.2 Å². The number of carbonyl (C=O) groups excluding carboxylic acids is 1. The first-order valence-corrected chi connectivity index (χ1v) is 9.36. The van der Waals surface area contributed by atoms with Crippen LogP contribution >= 0.6 is 0 Å². The van der Waals surface area contributed by atoms with Crippen LogP contribution in [0, 0.1) is 24.6 Å². The lowest BCUT2D eigenvalue weighted by Gasteiger charge is -2.18. The maximum atomic E-state index is 14.4. The van der Waals surface area contributed by atoms with Crippen LogP contribution in [0.5, 0.6) is 5.75 Å². The van der Waals surface area contributed by atoms with Crippen LogP contribution in [0.2, 0.25) is 0 Å². The molecule has 0 aliphatic carbocycles. The van der Waals surface area contributed by atoms with Gasteiger partial charge in [0.05, 0.1) is 22.3 Å². The molecule has 4 heterocycles. The number of pyridine rings is 1. The summed E-state index contributed by atoms with van der Waals surface area (Å²) in [5.41, 5.74) is 2.17. The van der Waals surface area contributed by atoms with Crippen LogP contribution < -0.4 is 5.32 Å². The van der Waals surface area contributed by atoms with Crippen LogP contribution in [0.3, 0.4) is 0 Å². The predicted molar refractivity (Wildman–Crippen MR) is 101 cm³/mol. The summed E-state index contributed by atoms with van der Waals surface area (Å²) in [6.07, 6.45) is 0. The van der Waals surface area contributed by atoms with Crippen LogP contribution in [-0.2, 0) is 0 Å². The van der Waals surface area contributed by atoms with Crippen LogP contribution in [-0.4, -0.2) is 57.3 Å². The Kier molecular flexibility index (Phi) is 3.83. The Morgan fingerprint density at radius 2 is 2.00 bits per heavy atom. The fraction of sp³-hybridized carbons (Fsp3) is 0.350. The Balaban J connectivity index is 1.61. The van der Waals surface area contributed by atoms with E-state index in [1.807, 2.05) is 11.8 Å². The Bertz CT molecular complexity index is 1080. The van der Waals surface area contributed by atoms with E-state index in [-0.39, 0.29) is 17.2 Å². The van der Waals surface area contributed by atoms with Gasteiger partial charge in [-0.1, -0.05) is 0 Å². The number of likely N-dealkylation sites (tertiary alicyclic amines) is 1. The molecule has 8 heteroatoms. The minimum atomic E-state index is -0.594. The summed E-state index contributed by atoms with van der Waals surface area (Å²) >= 11 is 0. The van der Waals surface area contributed by atoms with Gasteiger partial charge in [0.2, 0.25) is 0 Å². The second-order valence-electron chi connectivity index (χ2n) is 7.64. The number of phenols is 1. The van der Waals surface area contributed by atoms with Gasteiger partial charge in [0, 0.05) is 37.8 Å². The van der Waals surface area contributed by atoms with Crippen molar-refractivity contribution in [1.82, 2.24) is 25.4 Å². The number of benzene rings is 1. The van der Waals surface area contributed by atoms with Gasteiger partial charge in [-0.2, -0.15) is 5.10 Å². The zero-order valence-corrected chi connectivity index (χ0v) is 15.4. The van der Waals surface area contributed by atoms with Gasteiger partial charge in [0.1, 0.15) is 11.6 Å². The molecule has 3 aromatic rings. The van der Waals surface area contributed by atoms with E-state index < -0.39 is 5.82 Å². The lowest BCUT2D eigenvalue weighted by Crippen LogP contribution is -2.32. The van der Waals surface area contributed by atoms with Gasteiger partial charge in [-0.05, 0) is 37.0 Å². The van der Waals surface area contributed by atoms with E-state index in [2.05, 4.69) is 20.5 Å². The molecule has 2 aromatic heterocycles. The summed E-state index contributed by atoms with van der Waals surface area (Å²) in [5.74, 6) is 0.143. The van der Waals surface area contributed by atoms with Crippen LogP contribution in [0.4, 0.5) is 4.39 Å². The molecule has 2 atom stereocenters. The highest BCUT2D eigenvalue weighted by Crippen LogP contribution is 2.32. The zero-order valence-electron chi connectivity index (χ0n) is 15.4. The molecule has 0 bridgehead atoms. The van der Waals surface area contributed by atoms with Crippen LogP contribution in [0.15, 0.2) is 24.3 Å². The Morgan fingerprint density at radius 1 is 1.25 bits per heavy atom. The summed E-state index contributed by atoms with van der Waals surface area (Å²) in [5, 5.41) is 20.6. The highest BCUT2D eigenvalue weighted by Gasteiger charge is 2.39. The Hall–Kier alpha value is -3.00. The molecule has 7 nitrogen and oxygen atoms in total. The molecule has 144 valence electrons.